The van der Waals surface area contributed by atoms with Crippen LogP contribution < -0.4 is 0 Å². The molecule has 0 aliphatic heterocycles. The van der Waals surface area contributed by atoms with Crippen molar-refractivity contribution < 1.29 is 5.11 Å². The van der Waals surface area contributed by atoms with Crippen molar-refractivity contribution in [2.75, 3.05) is 0 Å². The van der Waals surface area contributed by atoms with Crippen LogP contribution in [0.3, 0.4) is 0 Å². The molecule has 1 N–H and O–H groups in total. The minimum absolute atomic E-state index is 0.0304. The van der Waals surface area contributed by atoms with Crippen LogP contribution in [0.25, 0.3) is 0 Å². The highest BCUT2D eigenvalue weighted by Crippen LogP contribution is 2.37. The molecule has 0 aromatic rings. The van der Waals surface area contributed by atoms with E-state index in [0.717, 1.165) is 18.8 Å². The summed E-state index contributed by atoms with van der Waals surface area (Å²) in [5.74, 6) is 0.888. The van der Waals surface area contributed by atoms with Crippen LogP contribution in [0.2, 0.25) is 0 Å². The highest BCUT2D eigenvalue weighted by molar-refractivity contribution is 5.21. The maximum atomic E-state index is 9.48. The van der Waals surface area contributed by atoms with Crippen LogP contribution in [0, 0.1) is 5.92 Å². The SMILES string of the molecule is CC1CCC2=C(CCC(O)C2)C1. The van der Waals surface area contributed by atoms with E-state index in [0.29, 0.717) is 0 Å². The van der Waals surface area contributed by atoms with Crippen LogP contribution in [0.4, 0.5) is 0 Å². The quantitative estimate of drug-likeness (QED) is 0.548. The van der Waals surface area contributed by atoms with E-state index < -0.39 is 0 Å². The molecular formula is C11H18O. The van der Waals surface area contributed by atoms with Gasteiger partial charge in [-0.25, -0.2) is 0 Å². The summed E-state index contributed by atoms with van der Waals surface area (Å²) >= 11 is 0. The van der Waals surface area contributed by atoms with Crippen molar-refractivity contribution in [1.82, 2.24) is 0 Å². The second kappa shape index (κ2) is 3.21. The zero-order valence-electron chi connectivity index (χ0n) is 7.84. The highest BCUT2D eigenvalue weighted by atomic mass is 16.3. The first kappa shape index (κ1) is 8.31. The molecule has 2 unspecified atom stereocenters. The first-order valence-electron chi connectivity index (χ1n) is 5.13. The van der Waals surface area contributed by atoms with Gasteiger partial charge < -0.3 is 5.11 Å². The Morgan fingerprint density at radius 1 is 1.08 bits per heavy atom. The van der Waals surface area contributed by atoms with Crippen LogP contribution in [0.1, 0.15) is 45.4 Å². The molecule has 1 heteroatoms. The van der Waals surface area contributed by atoms with Gasteiger partial charge in [0.1, 0.15) is 0 Å². The highest BCUT2D eigenvalue weighted by Gasteiger charge is 2.23. The Hall–Kier alpha value is -0.300. The molecule has 68 valence electrons. The van der Waals surface area contributed by atoms with Gasteiger partial charge >= 0.3 is 0 Å². The molecular weight excluding hydrogens is 148 g/mol. The summed E-state index contributed by atoms with van der Waals surface area (Å²) in [6.07, 6.45) is 7.02. The van der Waals surface area contributed by atoms with Crippen molar-refractivity contribution in [3.63, 3.8) is 0 Å². The molecule has 2 aliphatic carbocycles. The van der Waals surface area contributed by atoms with Crippen LogP contribution in [0.15, 0.2) is 11.1 Å². The molecule has 0 fully saturated rings. The molecule has 0 bridgehead atoms. The minimum atomic E-state index is -0.0304. The first-order chi connectivity index (χ1) is 5.75. The predicted octanol–water partition coefficient (Wildman–Crippen LogP) is 2.65. The van der Waals surface area contributed by atoms with Gasteiger partial charge in [0.05, 0.1) is 6.10 Å². The number of rotatable bonds is 0. The van der Waals surface area contributed by atoms with Crippen LogP contribution in [-0.2, 0) is 0 Å². The topological polar surface area (TPSA) is 20.2 Å². The second-order valence-electron chi connectivity index (χ2n) is 4.45. The molecule has 2 aliphatic rings. The summed E-state index contributed by atoms with van der Waals surface area (Å²) < 4.78 is 0. The van der Waals surface area contributed by atoms with Gasteiger partial charge in [-0.1, -0.05) is 18.1 Å². The van der Waals surface area contributed by atoms with E-state index in [9.17, 15) is 5.11 Å². The van der Waals surface area contributed by atoms with Crippen molar-refractivity contribution in [1.29, 1.82) is 0 Å². The summed E-state index contributed by atoms with van der Waals surface area (Å²) in [5.41, 5.74) is 3.27. The van der Waals surface area contributed by atoms with Crippen LogP contribution >= 0.6 is 0 Å². The number of aliphatic hydroxyl groups excluding tert-OH is 1. The van der Waals surface area contributed by atoms with Gasteiger partial charge in [0.25, 0.3) is 0 Å². The molecule has 2 atom stereocenters. The Bertz CT molecular complexity index is 183. The Kier molecular flexibility index (Phi) is 2.22. The minimum Gasteiger partial charge on any atom is -0.393 e. The number of aliphatic hydroxyl groups is 1. The van der Waals surface area contributed by atoms with Crippen molar-refractivity contribution in [2.24, 2.45) is 5.92 Å². The zero-order valence-corrected chi connectivity index (χ0v) is 7.84. The Morgan fingerprint density at radius 2 is 1.75 bits per heavy atom. The van der Waals surface area contributed by atoms with E-state index in [-0.39, 0.29) is 6.10 Å². The fourth-order valence-corrected chi connectivity index (χ4v) is 2.52. The third kappa shape index (κ3) is 1.56. The summed E-state index contributed by atoms with van der Waals surface area (Å²) in [6, 6.07) is 0. The molecule has 0 aromatic heterocycles. The monoisotopic (exact) mass is 166 g/mol. The maximum Gasteiger partial charge on any atom is 0.0580 e. The van der Waals surface area contributed by atoms with Gasteiger partial charge in [0.15, 0.2) is 0 Å². The molecule has 0 saturated carbocycles. The number of allylic oxidation sites excluding steroid dienone is 1. The Morgan fingerprint density at radius 3 is 2.58 bits per heavy atom. The average molecular weight is 166 g/mol. The molecule has 0 aromatic carbocycles. The largest absolute Gasteiger partial charge is 0.393 e. The maximum absolute atomic E-state index is 9.48. The Balaban J connectivity index is 2.11. The van der Waals surface area contributed by atoms with Gasteiger partial charge in [-0.15, -0.1) is 0 Å². The fourth-order valence-electron chi connectivity index (χ4n) is 2.52. The molecule has 2 rings (SSSR count). The zero-order chi connectivity index (χ0) is 8.55. The lowest BCUT2D eigenvalue weighted by Gasteiger charge is -2.30. The molecule has 0 amide bonds. The van der Waals surface area contributed by atoms with Crippen molar-refractivity contribution in [3.8, 4) is 0 Å². The van der Waals surface area contributed by atoms with Crippen molar-refractivity contribution in [2.45, 2.75) is 51.6 Å². The van der Waals surface area contributed by atoms with E-state index in [2.05, 4.69) is 6.92 Å². The third-order valence-corrected chi connectivity index (χ3v) is 3.30. The standard InChI is InChI=1S/C11H18O/c1-8-2-3-10-7-11(12)5-4-9(10)6-8/h8,11-12H,2-7H2,1H3. The Labute approximate surface area is 74.5 Å². The van der Waals surface area contributed by atoms with Crippen LogP contribution in [0.5, 0.6) is 0 Å². The summed E-state index contributed by atoms with van der Waals surface area (Å²) in [7, 11) is 0. The van der Waals surface area contributed by atoms with E-state index in [1.54, 1.807) is 11.1 Å². The lowest BCUT2D eigenvalue weighted by Crippen LogP contribution is -2.19. The van der Waals surface area contributed by atoms with Gasteiger partial charge in [0.2, 0.25) is 0 Å². The summed E-state index contributed by atoms with van der Waals surface area (Å²) in [4.78, 5) is 0. The van der Waals surface area contributed by atoms with Gasteiger partial charge in [-0.05, 0) is 44.4 Å². The number of hydrogen-bond acceptors (Lipinski definition) is 1. The smallest absolute Gasteiger partial charge is 0.0580 e. The molecule has 1 nitrogen and oxygen atoms in total. The average Bonchev–Trinajstić information content (AvgIpc) is 2.05. The third-order valence-electron chi connectivity index (χ3n) is 3.30. The first-order valence-corrected chi connectivity index (χ1v) is 5.13. The lowest BCUT2D eigenvalue weighted by molar-refractivity contribution is 0.153. The molecule has 0 spiro atoms. The fraction of sp³-hybridized carbons (Fsp3) is 0.818. The van der Waals surface area contributed by atoms with Gasteiger partial charge in [-0.2, -0.15) is 0 Å². The molecule has 0 saturated heterocycles. The van der Waals surface area contributed by atoms with Crippen LogP contribution in [-0.4, -0.2) is 11.2 Å². The van der Waals surface area contributed by atoms with Gasteiger partial charge in [0, 0.05) is 0 Å². The van der Waals surface area contributed by atoms with E-state index in [4.69, 9.17) is 0 Å². The summed E-state index contributed by atoms with van der Waals surface area (Å²) in [5, 5.41) is 9.48. The van der Waals surface area contributed by atoms with E-state index in [1.807, 2.05) is 0 Å². The molecule has 12 heavy (non-hydrogen) atoms. The van der Waals surface area contributed by atoms with E-state index >= 15 is 0 Å². The van der Waals surface area contributed by atoms with Crippen molar-refractivity contribution in [3.05, 3.63) is 11.1 Å². The molecule has 0 heterocycles. The molecule has 0 radical (unpaired) electrons. The van der Waals surface area contributed by atoms with Gasteiger partial charge in [-0.3, -0.25) is 0 Å². The van der Waals surface area contributed by atoms with E-state index in [1.165, 1.54) is 25.7 Å². The predicted molar refractivity (Wildman–Crippen MR) is 49.9 cm³/mol. The second-order valence-corrected chi connectivity index (χ2v) is 4.45. The number of hydrogen-bond donors (Lipinski definition) is 1. The lowest BCUT2D eigenvalue weighted by atomic mass is 9.77. The normalized spacial score (nSPS) is 36.5. The summed E-state index contributed by atoms with van der Waals surface area (Å²) in [6.45, 7) is 2.34. The van der Waals surface area contributed by atoms with Crippen molar-refractivity contribution >= 4 is 0 Å².